The van der Waals surface area contributed by atoms with Crippen molar-refractivity contribution in [2.24, 2.45) is 0 Å². The Kier molecular flexibility index (Phi) is 6.81. The van der Waals surface area contributed by atoms with Crippen LogP contribution in [0.5, 0.6) is 11.5 Å². The Morgan fingerprint density at radius 1 is 1.04 bits per heavy atom. The maximum atomic E-state index is 12.5. The zero-order chi connectivity index (χ0) is 20.0. The van der Waals surface area contributed by atoms with Gasteiger partial charge in [-0.3, -0.25) is 4.79 Å². The molecule has 0 aliphatic heterocycles. The van der Waals surface area contributed by atoms with Crippen molar-refractivity contribution >= 4 is 15.9 Å². The quantitative estimate of drug-likeness (QED) is 0.717. The van der Waals surface area contributed by atoms with Gasteiger partial charge in [-0.2, -0.15) is 4.72 Å². The number of carbonyl (C=O) groups is 1. The van der Waals surface area contributed by atoms with Gasteiger partial charge in [0.2, 0.25) is 15.9 Å². The van der Waals surface area contributed by atoms with Gasteiger partial charge in [0.15, 0.2) is 11.5 Å². The Morgan fingerprint density at radius 2 is 1.67 bits per heavy atom. The van der Waals surface area contributed by atoms with Crippen LogP contribution in [-0.4, -0.2) is 34.6 Å². The standard InChI is InChI=1S/C19H24N2O5S/c1-13-5-7-15(8-6-13)12-20-19(22)14(2)21-27(23,24)16-9-10-17(25-3)18(11-16)26-4/h5-11,14,21H,12H2,1-4H3,(H,20,22)/t14-/m0/s1. The first kappa shape index (κ1) is 20.7. The van der Waals surface area contributed by atoms with Crippen LogP contribution in [0.2, 0.25) is 0 Å². The molecule has 1 amide bonds. The fourth-order valence-corrected chi connectivity index (χ4v) is 3.60. The van der Waals surface area contributed by atoms with Crippen LogP contribution in [0.25, 0.3) is 0 Å². The predicted molar refractivity (Wildman–Crippen MR) is 102 cm³/mol. The molecule has 2 rings (SSSR count). The molecule has 0 spiro atoms. The number of hydrogen-bond acceptors (Lipinski definition) is 5. The predicted octanol–water partition coefficient (Wildman–Crippen LogP) is 2.00. The first-order valence-electron chi connectivity index (χ1n) is 8.34. The Bertz CT molecular complexity index is 895. The molecule has 1 atom stereocenters. The van der Waals surface area contributed by atoms with Crippen LogP contribution in [0.4, 0.5) is 0 Å². The molecule has 8 heteroatoms. The summed E-state index contributed by atoms with van der Waals surface area (Å²) in [6.07, 6.45) is 0. The fourth-order valence-electron chi connectivity index (χ4n) is 2.39. The summed E-state index contributed by atoms with van der Waals surface area (Å²) < 4.78 is 37.7. The zero-order valence-electron chi connectivity index (χ0n) is 15.8. The molecule has 0 aliphatic carbocycles. The number of nitrogens with one attached hydrogen (secondary N) is 2. The van der Waals surface area contributed by atoms with Gasteiger partial charge in [0.1, 0.15) is 0 Å². The van der Waals surface area contributed by atoms with Crippen molar-refractivity contribution in [3.05, 3.63) is 53.6 Å². The molecule has 0 saturated heterocycles. The summed E-state index contributed by atoms with van der Waals surface area (Å²) >= 11 is 0. The Hall–Kier alpha value is -2.58. The SMILES string of the molecule is COc1ccc(S(=O)(=O)N[C@@H](C)C(=O)NCc2ccc(C)cc2)cc1OC. The van der Waals surface area contributed by atoms with Gasteiger partial charge in [-0.05, 0) is 31.5 Å². The Morgan fingerprint density at radius 3 is 2.26 bits per heavy atom. The lowest BCUT2D eigenvalue weighted by Gasteiger charge is -2.15. The molecule has 0 radical (unpaired) electrons. The topological polar surface area (TPSA) is 93.7 Å². The molecule has 0 heterocycles. The molecule has 27 heavy (non-hydrogen) atoms. The molecule has 0 fully saturated rings. The van der Waals surface area contributed by atoms with E-state index >= 15 is 0 Å². The van der Waals surface area contributed by atoms with Gasteiger partial charge < -0.3 is 14.8 Å². The second-order valence-electron chi connectivity index (χ2n) is 6.06. The van der Waals surface area contributed by atoms with E-state index in [0.29, 0.717) is 12.3 Å². The summed E-state index contributed by atoms with van der Waals surface area (Å²) in [7, 11) is -1.01. The summed E-state index contributed by atoms with van der Waals surface area (Å²) in [5.74, 6) is 0.289. The Labute approximate surface area is 159 Å². The number of hydrogen-bond donors (Lipinski definition) is 2. The lowest BCUT2D eigenvalue weighted by Crippen LogP contribution is -2.44. The van der Waals surface area contributed by atoms with Gasteiger partial charge in [0.05, 0.1) is 25.2 Å². The zero-order valence-corrected chi connectivity index (χ0v) is 16.6. The van der Waals surface area contributed by atoms with Gasteiger partial charge in [-0.15, -0.1) is 0 Å². The molecule has 0 aromatic heterocycles. The number of benzene rings is 2. The molecule has 2 N–H and O–H groups in total. The number of rotatable bonds is 8. The van der Waals surface area contributed by atoms with Gasteiger partial charge in [0, 0.05) is 12.6 Å². The Balaban J connectivity index is 2.03. The van der Waals surface area contributed by atoms with E-state index in [1.54, 1.807) is 0 Å². The first-order chi connectivity index (χ1) is 12.8. The minimum atomic E-state index is -3.90. The minimum Gasteiger partial charge on any atom is -0.493 e. The van der Waals surface area contributed by atoms with Crippen LogP contribution >= 0.6 is 0 Å². The van der Waals surface area contributed by atoms with E-state index in [4.69, 9.17) is 9.47 Å². The van der Waals surface area contributed by atoms with Crippen LogP contribution in [0, 0.1) is 6.92 Å². The maximum Gasteiger partial charge on any atom is 0.241 e. The summed E-state index contributed by atoms with van der Waals surface area (Å²) in [6, 6.07) is 11.0. The molecule has 0 unspecified atom stereocenters. The number of amides is 1. The fraction of sp³-hybridized carbons (Fsp3) is 0.316. The lowest BCUT2D eigenvalue weighted by atomic mass is 10.1. The maximum absolute atomic E-state index is 12.5. The molecule has 0 bridgehead atoms. The van der Waals surface area contributed by atoms with Crippen LogP contribution in [0.1, 0.15) is 18.1 Å². The van der Waals surface area contributed by atoms with Crippen molar-refractivity contribution < 1.29 is 22.7 Å². The highest BCUT2D eigenvalue weighted by molar-refractivity contribution is 7.89. The second-order valence-corrected chi connectivity index (χ2v) is 7.78. The van der Waals surface area contributed by atoms with Crippen molar-refractivity contribution in [1.82, 2.24) is 10.0 Å². The number of sulfonamides is 1. The largest absolute Gasteiger partial charge is 0.493 e. The van der Waals surface area contributed by atoms with Gasteiger partial charge in [-0.25, -0.2) is 8.42 Å². The van der Waals surface area contributed by atoms with Crippen LogP contribution in [0.3, 0.4) is 0 Å². The van der Waals surface area contributed by atoms with E-state index < -0.39 is 22.0 Å². The molecule has 7 nitrogen and oxygen atoms in total. The highest BCUT2D eigenvalue weighted by atomic mass is 32.2. The molecule has 0 aliphatic rings. The second kappa shape index (κ2) is 8.88. The number of ether oxygens (including phenoxy) is 2. The van der Waals surface area contributed by atoms with Gasteiger partial charge in [0.25, 0.3) is 0 Å². The van der Waals surface area contributed by atoms with Crippen molar-refractivity contribution in [3.8, 4) is 11.5 Å². The molecular formula is C19H24N2O5S. The van der Waals surface area contributed by atoms with Crippen LogP contribution < -0.4 is 19.5 Å². The normalized spacial score (nSPS) is 12.3. The minimum absolute atomic E-state index is 0.0154. The smallest absolute Gasteiger partial charge is 0.241 e. The first-order valence-corrected chi connectivity index (χ1v) is 9.82. The highest BCUT2D eigenvalue weighted by Gasteiger charge is 2.23. The molecule has 0 saturated carbocycles. The summed E-state index contributed by atoms with van der Waals surface area (Å²) in [4.78, 5) is 12.2. The van der Waals surface area contributed by atoms with E-state index in [-0.39, 0.29) is 10.6 Å². The van der Waals surface area contributed by atoms with Crippen LogP contribution in [0.15, 0.2) is 47.4 Å². The van der Waals surface area contributed by atoms with Crippen molar-refractivity contribution in [1.29, 1.82) is 0 Å². The third-order valence-electron chi connectivity index (χ3n) is 3.98. The monoisotopic (exact) mass is 392 g/mol. The summed E-state index contributed by atoms with van der Waals surface area (Å²) in [6.45, 7) is 3.79. The van der Waals surface area contributed by atoms with E-state index in [9.17, 15) is 13.2 Å². The summed E-state index contributed by atoms with van der Waals surface area (Å²) in [5, 5.41) is 2.72. The average molecular weight is 392 g/mol. The summed E-state index contributed by atoms with van der Waals surface area (Å²) in [5.41, 5.74) is 2.06. The lowest BCUT2D eigenvalue weighted by molar-refractivity contribution is -0.122. The van der Waals surface area contributed by atoms with E-state index in [1.165, 1.54) is 39.3 Å². The molecule has 2 aromatic carbocycles. The van der Waals surface area contributed by atoms with Gasteiger partial charge >= 0.3 is 0 Å². The van der Waals surface area contributed by atoms with Crippen LogP contribution in [-0.2, 0) is 21.4 Å². The number of carbonyl (C=O) groups excluding carboxylic acids is 1. The third kappa shape index (κ3) is 5.45. The molecule has 146 valence electrons. The van der Waals surface area contributed by atoms with Crippen molar-refractivity contribution in [3.63, 3.8) is 0 Å². The average Bonchev–Trinajstić information content (AvgIpc) is 2.66. The van der Waals surface area contributed by atoms with Crippen molar-refractivity contribution in [2.75, 3.05) is 14.2 Å². The highest BCUT2D eigenvalue weighted by Crippen LogP contribution is 2.29. The van der Waals surface area contributed by atoms with E-state index in [2.05, 4.69) is 10.0 Å². The number of aryl methyl sites for hydroxylation is 1. The molecule has 2 aromatic rings. The number of methoxy groups -OCH3 is 2. The third-order valence-corrected chi connectivity index (χ3v) is 5.52. The van der Waals surface area contributed by atoms with E-state index in [0.717, 1.165) is 11.1 Å². The van der Waals surface area contributed by atoms with Crippen molar-refractivity contribution in [2.45, 2.75) is 31.3 Å². The van der Waals surface area contributed by atoms with Gasteiger partial charge in [-0.1, -0.05) is 29.8 Å². The van der Waals surface area contributed by atoms with E-state index in [1.807, 2.05) is 31.2 Å². The molecular weight excluding hydrogens is 368 g/mol.